The Morgan fingerprint density at radius 2 is 1.80 bits per heavy atom. The molecule has 1 saturated heterocycles. The quantitative estimate of drug-likeness (QED) is 0.529. The molecule has 3 amide bonds. The van der Waals surface area contributed by atoms with Gasteiger partial charge in [0.15, 0.2) is 0 Å². The zero-order valence-corrected chi connectivity index (χ0v) is 18.5. The lowest BCUT2D eigenvalue weighted by Gasteiger charge is -2.20. The van der Waals surface area contributed by atoms with E-state index >= 15 is 0 Å². The highest BCUT2D eigenvalue weighted by Gasteiger charge is 2.36. The first-order chi connectivity index (χ1) is 14.5. The van der Waals surface area contributed by atoms with Crippen LogP contribution >= 0.6 is 34.4 Å². The van der Waals surface area contributed by atoms with Crippen LogP contribution in [0.2, 0.25) is 0 Å². The maximum absolute atomic E-state index is 12.8. The van der Waals surface area contributed by atoms with Crippen LogP contribution in [0.15, 0.2) is 64.2 Å². The predicted molar refractivity (Wildman–Crippen MR) is 122 cm³/mol. The lowest BCUT2D eigenvalue weighted by atomic mass is 10.0. The molecule has 0 bridgehead atoms. The predicted octanol–water partition coefficient (Wildman–Crippen LogP) is 5.06. The molecule has 8 heteroatoms. The van der Waals surface area contributed by atoms with Crippen molar-refractivity contribution < 1.29 is 14.4 Å². The Morgan fingerprint density at radius 1 is 1.07 bits per heavy atom. The average Bonchev–Trinajstić information content (AvgIpc) is 3.48. The molecule has 0 saturated carbocycles. The maximum atomic E-state index is 12.8. The molecule has 1 aliphatic rings. The van der Waals surface area contributed by atoms with Gasteiger partial charge >= 0.3 is 0 Å². The molecule has 1 atom stereocenters. The highest BCUT2D eigenvalue weighted by Crippen LogP contribution is 2.33. The first-order valence-electron chi connectivity index (χ1n) is 9.19. The van der Waals surface area contributed by atoms with Crippen molar-refractivity contribution in [2.75, 3.05) is 6.54 Å². The number of nitrogens with one attached hydrogen (secondary N) is 1. The molecule has 30 heavy (non-hydrogen) atoms. The Labute approximate surface area is 186 Å². The molecule has 1 N–H and O–H groups in total. The molecule has 3 heterocycles. The third kappa shape index (κ3) is 4.56. The summed E-state index contributed by atoms with van der Waals surface area (Å²) in [6.07, 6.45) is 1.69. The van der Waals surface area contributed by atoms with Gasteiger partial charge in [-0.2, -0.15) is 0 Å². The van der Waals surface area contributed by atoms with Crippen LogP contribution in [0, 0.1) is 6.92 Å². The standard InChI is InChI=1S/C22H18N2O3S3/c1-14-6-8-15(9-7-14)20(17-5-3-11-29-17)23-19(25)13-24-21(26)18(30-22(24)27)12-16-4-2-10-28-16/h2-12,20H,13H2,1H3,(H,23,25)/b18-12-. The Bertz CT molecular complexity index is 1090. The van der Waals surface area contributed by atoms with Crippen LogP contribution in [0.25, 0.3) is 6.08 Å². The van der Waals surface area contributed by atoms with E-state index in [1.54, 1.807) is 17.4 Å². The van der Waals surface area contributed by atoms with Crippen molar-refractivity contribution in [2.24, 2.45) is 0 Å². The van der Waals surface area contributed by atoms with Crippen LogP contribution in [0.5, 0.6) is 0 Å². The summed E-state index contributed by atoms with van der Waals surface area (Å²) in [5.41, 5.74) is 2.08. The van der Waals surface area contributed by atoms with Gasteiger partial charge in [-0.25, -0.2) is 0 Å². The van der Waals surface area contributed by atoms with Crippen molar-refractivity contribution in [3.8, 4) is 0 Å². The minimum atomic E-state index is -0.434. The minimum Gasteiger partial charge on any atom is -0.343 e. The number of amides is 3. The van der Waals surface area contributed by atoms with E-state index in [4.69, 9.17) is 0 Å². The molecule has 4 rings (SSSR count). The Morgan fingerprint density at radius 3 is 2.47 bits per heavy atom. The summed E-state index contributed by atoms with van der Waals surface area (Å²) < 4.78 is 0. The highest BCUT2D eigenvalue weighted by molar-refractivity contribution is 8.18. The monoisotopic (exact) mass is 454 g/mol. The van der Waals surface area contributed by atoms with Gasteiger partial charge in [0.05, 0.1) is 10.9 Å². The maximum Gasteiger partial charge on any atom is 0.294 e. The van der Waals surface area contributed by atoms with Gasteiger partial charge in [0.2, 0.25) is 5.91 Å². The molecule has 2 aromatic heterocycles. The van der Waals surface area contributed by atoms with Crippen LogP contribution in [0.4, 0.5) is 4.79 Å². The first kappa shape index (κ1) is 20.6. The molecule has 1 aromatic carbocycles. The number of hydrogen-bond donors (Lipinski definition) is 1. The van der Waals surface area contributed by atoms with Crippen molar-refractivity contribution in [3.63, 3.8) is 0 Å². The van der Waals surface area contributed by atoms with Crippen LogP contribution in [0.3, 0.4) is 0 Å². The third-order valence-corrected chi connectivity index (χ3v) is 7.20. The van der Waals surface area contributed by atoms with Gasteiger partial charge in [-0.05, 0) is 53.2 Å². The van der Waals surface area contributed by atoms with Gasteiger partial charge < -0.3 is 5.32 Å². The molecule has 1 fully saturated rings. The molecule has 1 unspecified atom stereocenters. The Balaban J connectivity index is 1.49. The van der Waals surface area contributed by atoms with Crippen LogP contribution in [-0.4, -0.2) is 28.5 Å². The number of carbonyl (C=O) groups excluding carboxylic acids is 3. The molecular weight excluding hydrogens is 436 g/mol. The second-order valence-electron chi connectivity index (χ2n) is 6.71. The summed E-state index contributed by atoms with van der Waals surface area (Å²) in [6.45, 7) is 1.70. The second-order valence-corrected chi connectivity index (χ2v) is 9.66. The fraction of sp³-hybridized carbons (Fsp3) is 0.136. The average molecular weight is 455 g/mol. The topological polar surface area (TPSA) is 66.5 Å². The number of aryl methyl sites for hydroxylation is 1. The van der Waals surface area contributed by atoms with E-state index in [0.717, 1.165) is 37.5 Å². The van der Waals surface area contributed by atoms with Gasteiger partial charge in [-0.1, -0.05) is 42.0 Å². The van der Waals surface area contributed by atoms with Crippen molar-refractivity contribution in [1.82, 2.24) is 10.2 Å². The van der Waals surface area contributed by atoms with Crippen LogP contribution < -0.4 is 5.32 Å². The fourth-order valence-electron chi connectivity index (χ4n) is 3.02. The zero-order chi connectivity index (χ0) is 21.1. The Kier molecular flexibility index (Phi) is 6.17. The van der Waals surface area contributed by atoms with Gasteiger partial charge in [-0.3, -0.25) is 19.3 Å². The summed E-state index contributed by atoms with van der Waals surface area (Å²) in [5, 5.41) is 6.41. The Hall–Kier alpha value is -2.68. The molecule has 152 valence electrons. The van der Waals surface area contributed by atoms with Crippen molar-refractivity contribution >= 4 is 57.6 Å². The van der Waals surface area contributed by atoms with Crippen molar-refractivity contribution in [1.29, 1.82) is 0 Å². The third-order valence-electron chi connectivity index (χ3n) is 4.54. The number of nitrogens with zero attached hydrogens (tertiary/aromatic N) is 1. The van der Waals surface area contributed by atoms with E-state index in [2.05, 4.69) is 5.32 Å². The largest absolute Gasteiger partial charge is 0.343 e. The van der Waals surface area contributed by atoms with Gasteiger partial charge in [0, 0.05) is 9.75 Å². The van der Waals surface area contributed by atoms with Gasteiger partial charge in [0.25, 0.3) is 11.1 Å². The summed E-state index contributed by atoms with van der Waals surface area (Å²) in [5.74, 6) is -0.815. The van der Waals surface area contributed by atoms with Gasteiger partial charge in [-0.15, -0.1) is 22.7 Å². The number of hydrogen-bond acceptors (Lipinski definition) is 6. The molecule has 0 spiro atoms. The van der Waals surface area contributed by atoms with Crippen molar-refractivity contribution in [3.05, 3.63) is 85.1 Å². The lowest BCUT2D eigenvalue weighted by molar-refractivity contribution is -0.129. The smallest absolute Gasteiger partial charge is 0.294 e. The molecule has 3 aromatic rings. The fourth-order valence-corrected chi connectivity index (χ4v) is 5.39. The molecule has 1 aliphatic heterocycles. The van der Waals surface area contributed by atoms with E-state index in [-0.39, 0.29) is 18.5 Å². The van der Waals surface area contributed by atoms with E-state index < -0.39 is 11.1 Å². The van der Waals surface area contributed by atoms with Gasteiger partial charge in [0.1, 0.15) is 6.54 Å². The summed E-state index contributed by atoms with van der Waals surface area (Å²) >= 11 is 3.89. The van der Waals surface area contributed by atoms with E-state index in [9.17, 15) is 14.4 Å². The number of benzene rings is 1. The zero-order valence-electron chi connectivity index (χ0n) is 16.0. The number of carbonyl (C=O) groups is 3. The number of rotatable bonds is 6. The highest BCUT2D eigenvalue weighted by atomic mass is 32.2. The number of thioether (sulfide) groups is 1. The summed E-state index contributed by atoms with van der Waals surface area (Å²) in [6, 6.07) is 15.2. The van der Waals surface area contributed by atoms with E-state index in [1.165, 1.54) is 11.3 Å². The lowest BCUT2D eigenvalue weighted by Crippen LogP contribution is -2.41. The number of imide groups is 1. The number of thiophene rings is 2. The van der Waals surface area contributed by atoms with E-state index in [0.29, 0.717) is 4.91 Å². The first-order valence-corrected chi connectivity index (χ1v) is 11.8. The summed E-state index contributed by atoms with van der Waals surface area (Å²) in [4.78, 5) is 41.0. The van der Waals surface area contributed by atoms with E-state index in [1.807, 2.05) is 66.2 Å². The molecular formula is C22H18N2O3S3. The summed E-state index contributed by atoms with van der Waals surface area (Å²) in [7, 11) is 0. The minimum absolute atomic E-state index is 0.305. The van der Waals surface area contributed by atoms with Crippen LogP contribution in [0.1, 0.15) is 26.9 Å². The normalized spacial score (nSPS) is 16.3. The second kappa shape index (κ2) is 8.99. The SMILES string of the molecule is Cc1ccc(C(NC(=O)CN2C(=O)S/C(=C\c3cccs3)C2=O)c2cccs2)cc1. The van der Waals surface area contributed by atoms with Crippen molar-refractivity contribution in [2.45, 2.75) is 13.0 Å². The molecule has 0 aliphatic carbocycles. The molecule has 5 nitrogen and oxygen atoms in total. The van der Waals surface area contributed by atoms with Crippen LogP contribution in [-0.2, 0) is 9.59 Å². The molecule has 0 radical (unpaired) electrons.